The van der Waals surface area contributed by atoms with E-state index < -0.39 is 0 Å². The second-order valence-electron chi connectivity index (χ2n) is 5.62. The molecule has 1 saturated heterocycles. The third kappa shape index (κ3) is 3.08. The molecule has 0 unspecified atom stereocenters. The van der Waals surface area contributed by atoms with Crippen LogP contribution in [0.4, 0.5) is 0 Å². The second-order valence-corrected chi connectivity index (χ2v) is 5.62. The van der Waals surface area contributed by atoms with Crippen LogP contribution in [-0.2, 0) is 20.9 Å². The van der Waals surface area contributed by atoms with E-state index in [9.17, 15) is 4.79 Å². The Labute approximate surface area is 124 Å². The first-order valence-electron chi connectivity index (χ1n) is 7.65. The molecule has 0 aromatic carbocycles. The summed E-state index contributed by atoms with van der Waals surface area (Å²) in [5, 5.41) is 8.08. The molecule has 0 radical (unpaired) electrons. The van der Waals surface area contributed by atoms with Crippen molar-refractivity contribution in [2.75, 3.05) is 26.3 Å². The van der Waals surface area contributed by atoms with Gasteiger partial charge in [-0.25, -0.2) is 4.68 Å². The Hall–Kier alpha value is -1.47. The van der Waals surface area contributed by atoms with Crippen LogP contribution >= 0.6 is 0 Å². The molecule has 0 aliphatic carbocycles. The molecule has 116 valence electrons. The standard InChI is InChI=1S/C14H22N4O3/c1-2-3-6-20-10-14(19)17-5-4-13-12(8-17)18-11(9-21-13)7-15-16-18/h7,12-13H,2-6,8-10H2,1H3/t12-,13-/m0/s1. The zero-order valence-electron chi connectivity index (χ0n) is 12.4. The highest BCUT2D eigenvalue weighted by Gasteiger charge is 2.37. The summed E-state index contributed by atoms with van der Waals surface area (Å²) in [5.74, 6) is 0.0526. The zero-order chi connectivity index (χ0) is 14.7. The van der Waals surface area contributed by atoms with Crippen molar-refractivity contribution < 1.29 is 14.3 Å². The molecular weight excluding hydrogens is 272 g/mol. The van der Waals surface area contributed by atoms with E-state index in [0.29, 0.717) is 19.8 Å². The summed E-state index contributed by atoms with van der Waals surface area (Å²) >= 11 is 0. The fraction of sp³-hybridized carbons (Fsp3) is 0.786. The molecule has 1 aromatic rings. The number of nitrogens with zero attached hydrogens (tertiary/aromatic N) is 4. The Morgan fingerprint density at radius 2 is 2.48 bits per heavy atom. The van der Waals surface area contributed by atoms with Crippen molar-refractivity contribution in [3.63, 3.8) is 0 Å². The predicted molar refractivity (Wildman–Crippen MR) is 74.6 cm³/mol. The van der Waals surface area contributed by atoms with Crippen LogP contribution in [0.2, 0.25) is 0 Å². The number of hydrogen-bond donors (Lipinski definition) is 0. The highest BCUT2D eigenvalue weighted by atomic mass is 16.5. The van der Waals surface area contributed by atoms with E-state index in [2.05, 4.69) is 17.2 Å². The summed E-state index contributed by atoms with van der Waals surface area (Å²) in [7, 11) is 0. The summed E-state index contributed by atoms with van der Waals surface area (Å²) in [4.78, 5) is 14.1. The Balaban J connectivity index is 1.57. The van der Waals surface area contributed by atoms with E-state index in [1.165, 1.54) is 0 Å². The van der Waals surface area contributed by atoms with Gasteiger partial charge in [0.05, 0.1) is 30.6 Å². The lowest BCUT2D eigenvalue weighted by atomic mass is 10.0. The quantitative estimate of drug-likeness (QED) is 0.750. The maximum absolute atomic E-state index is 12.2. The van der Waals surface area contributed by atoms with Gasteiger partial charge in [-0.3, -0.25) is 4.79 Å². The number of ether oxygens (including phenoxy) is 2. The maximum Gasteiger partial charge on any atom is 0.248 e. The van der Waals surface area contributed by atoms with Gasteiger partial charge in [0, 0.05) is 19.7 Å². The second kappa shape index (κ2) is 6.53. The molecule has 2 atom stereocenters. The summed E-state index contributed by atoms with van der Waals surface area (Å²) in [6.07, 6.45) is 4.77. The molecular formula is C14H22N4O3. The normalized spacial score (nSPS) is 24.5. The van der Waals surface area contributed by atoms with Crippen LogP contribution in [0, 0.1) is 0 Å². The van der Waals surface area contributed by atoms with Crippen molar-refractivity contribution >= 4 is 5.91 Å². The van der Waals surface area contributed by atoms with E-state index >= 15 is 0 Å². The molecule has 2 aliphatic heterocycles. The van der Waals surface area contributed by atoms with Crippen molar-refractivity contribution in [3.05, 3.63) is 11.9 Å². The van der Waals surface area contributed by atoms with E-state index in [4.69, 9.17) is 9.47 Å². The molecule has 7 heteroatoms. The third-order valence-corrected chi connectivity index (χ3v) is 4.15. The molecule has 1 aromatic heterocycles. The molecule has 0 bridgehead atoms. The fourth-order valence-corrected chi connectivity index (χ4v) is 2.90. The van der Waals surface area contributed by atoms with Crippen LogP contribution in [0.5, 0.6) is 0 Å². The van der Waals surface area contributed by atoms with Crippen molar-refractivity contribution in [2.24, 2.45) is 0 Å². The molecule has 0 spiro atoms. The van der Waals surface area contributed by atoms with Crippen molar-refractivity contribution in [3.8, 4) is 0 Å². The largest absolute Gasteiger partial charge is 0.372 e. The number of carbonyl (C=O) groups excluding carboxylic acids is 1. The Morgan fingerprint density at radius 3 is 3.33 bits per heavy atom. The van der Waals surface area contributed by atoms with Crippen LogP contribution in [-0.4, -0.2) is 58.2 Å². The molecule has 1 amide bonds. The molecule has 21 heavy (non-hydrogen) atoms. The van der Waals surface area contributed by atoms with Gasteiger partial charge in [-0.1, -0.05) is 18.6 Å². The number of aromatic nitrogens is 3. The number of piperidine rings is 1. The van der Waals surface area contributed by atoms with Gasteiger partial charge in [0.1, 0.15) is 6.61 Å². The predicted octanol–water partition coefficient (Wildman–Crippen LogP) is 0.767. The van der Waals surface area contributed by atoms with E-state index in [0.717, 1.165) is 31.5 Å². The summed E-state index contributed by atoms with van der Waals surface area (Å²) < 4.78 is 13.2. The first-order chi connectivity index (χ1) is 10.3. The highest BCUT2D eigenvalue weighted by molar-refractivity contribution is 5.77. The first kappa shape index (κ1) is 14.5. The number of amides is 1. The number of carbonyl (C=O) groups is 1. The minimum Gasteiger partial charge on any atom is -0.372 e. The summed E-state index contributed by atoms with van der Waals surface area (Å²) in [6, 6.07) is 0.0737. The van der Waals surface area contributed by atoms with Gasteiger partial charge in [-0.05, 0) is 12.8 Å². The van der Waals surface area contributed by atoms with Crippen molar-refractivity contribution in [1.29, 1.82) is 0 Å². The Bertz CT molecular complexity index is 490. The maximum atomic E-state index is 12.2. The van der Waals surface area contributed by atoms with Crippen LogP contribution < -0.4 is 0 Å². The monoisotopic (exact) mass is 294 g/mol. The first-order valence-corrected chi connectivity index (χ1v) is 7.65. The van der Waals surface area contributed by atoms with Crippen LogP contribution in [0.3, 0.4) is 0 Å². The zero-order valence-corrected chi connectivity index (χ0v) is 12.4. The number of rotatable bonds is 5. The Morgan fingerprint density at radius 1 is 1.57 bits per heavy atom. The van der Waals surface area contributed by atoms with Gasteiger partial charge < -0.3 is 14.4 Å². The summed E-state index contributed by atoms with van der Waals surface area (Å²) in [6.45, 7) is 4.83. The molecule has 7 nitrogen and oxygen atoms in total. The third-order valence-electron chi connectivity index (χ3n) is 4.15. The molecule has 0 N–H and O–H groups in total. The number of hydrogen-bond acceptors (Lipinski definition) is 5. The van der Waals surface area contributed by atoms with Gasteiger partial charge in [-0.2, -0.15) is 0 Å². The summed E-state index contributed by atoms with van der Waals surface area (Å²) in [5.41, 5.74) is 0.977. The van der Waals surface area contributed by atoms with Crippen LogP contribution in [0.1, 0.15) is 37.9 Å². The minimum atomic E-state index is 0.0526. The van der Waals surface area contributed by atoms with E-state index in [1.807, 2.05) is 9.58 Å². The van der Waals surface area contributed by atoms with Crippen molar-refractivity contribution in [1.82, 2.24) is 19.9 Å². The van der Waals surface area contributed by atoms with Gasteiger partial charge in [0.2, 0.25) is 5.91 Å². The van der Waals surface area contributed by atoms with Gasteiger partial charge in [-0.15, -0.1) is 5.10 Å². The van der Waals surface area contributed by atoms with E-state index in [-0.39, 0.29) is 24.7 Å². The van der Waals surface area contributed by atoms with Crippen molar-refractivity contribution in [2.45, 2.75) is 44.9 Å². The molecule has 0 saturated carbocycles. The van der Waals surface area contributed by atoms with E-state index in [1.54, 1.807) is 6.20 Å². The Kier molecular flexibility index (Phi) is 4.50. The number of unbranched alkanes of at least 4 members (excludes halogenated alkanes) is 1. The van der Waals surface area contributed by atoms with Gasteiger partial charge in [0.25, 0.3) is 0 Å². The van der Waals surface area contributed by atoms with Crippen LogP contribution in [0.25, 0.3) is 0 Å². The van der Waals surface area contributed by atoms with Gasteiger partial charge >= 0.3 is 0 Å². The lowest BCUT2D eigenvalue weighted by Crippen LogP contribution is -2.50. The SMILES string of the molecule is CCCCOCC(=O)N1CC[C@@H]2OCc3cnnn3[C@H]2C1. The smallest absolute Gasteiger partial charge is 0.248 e. The average molecular weight is 294 g/mol. The number of fused-ring (bicyclic) bond motifs is 3. The molecule has 2 aliphatic rings. The lowest BCUT2D eigenvalue weighted by Gasteiger charge is -2.40. The van der Waals surface area contributed by atoms with Crippen LogP contribution in [0.15, 0.2) is 6.20 Å². The average Bonchev–Trinajstić information content (AvgIpc) is 3.00. The van der Waals surface area contributed by atoms with Gasteiger partial charge in [0.15, 0.2) is 0 Å². The fourth-order valence-electron chi connectivity index (χ4n) is 2.90. The minimum absolute atomic E-state index is 0.0526. The lowest BCUT2D eigenvalue weighted by molar-refractivity contribution is -0.142. The molecule has 3 heterocycles. The molecule has 1 fully saturated rings. The highest BCUT2D eigenvalue weighted by Crippen LogP contribution is 2.29. The number of likely N-dealkylation sites (tertiary alicyclic amines) is 1. The molecule has 3 rings (SSSR count). The topological polar surface area (TPSA) is 69.5 Å².